The van der Waals surface area contributed by atoms with Crippen LogP contribution in [0.2, 0.25) is 0 Å². The number of hydrogen-bond donors (Lipinski definition) is 1. The molecular formula is C13H7FIN3O2. The van der Waals surface area contributed by atoms with Crippen molar-refractivity contribution in [2.24, 2.45) is 0 Å². The van der Waals surface area contributed by atoms with E-state index in [1.165, 1.54) is 24.3 Å². The zero-order valence-corrected chi connectivity index (χ0v) is 12.1. The van der Waals surface area contributed by atoms with Crippen LogP contribution in [-0.2, 0) is 0 Å². The van der Waals surface area contributed by atoms with Crippen LogP contribution in [0.15, 0.2) is 36.4 Å². The number of hydrogen-bond acceptors (Lipinski definition) is 4. The molecule has 5 nitrogen and oxygen atoms in total. The van der Waals surface area contributed by atoms with Crippen molar-refractivity contribution in [2.75, 3.05) is 5.32 Å². The van der Waals surface area contributed by atoms with Crippen molar-refractivity contribution in [1.29, 1.82) is 5.26 Å². The first-order valence-corrected chi connectivity index (χ1v) is 6.50. The van der Waals surface area contributed by atoms with E-state index in [0.717, 1.165) is 0 Å². The molecule has 0 aliphatic heterocycles. The van der Waals surface area contributed by atoms with Gasteiger partial charge in [0.15, 0.2) is 0 Å². The minimum absolute atomic E-state index is 0.00380. The Morgan fingerprint density at radius 2 is 2.10 bits per heavy atom. The van der Waals surface area contributed by atoms with E-state index in [2.05, 4.69) is 5.32 Å². The van der Waals surface area contributed by atoms with Crippen LogP contribution in [-0.4, -0.2) is 4.92 Å². The molecule has 0 saturated carbocycles. The van der Waals surface area contributed by atoms with Gasteiger partial charge in [-0.15, -0.1) is 0 Å². The maximum atomic E-state index is 13.4. The molecule has 0 unspecified atom stereocenters. The molecule has 0 aromatic heterocycles. The minimum atomic E-state index is -0.617. The summed E-state index contributed by atoms with van der Waals surface area (Å²) in [5, 5.41) is 22.5. The number of halogens is 2. The molecule has 2 aromatic rings. The number of benzene rings is 2. The summed E-state index contributed by atoms with van der Waals surface area (Å²) in [6.07, 6.45) is 0. The van der Waals surface area contributed by atoms with Gasteiger partial charge in [0.25, 0.3) is 5.69 Å². The quantitative estimate of drug-likeness (QED) is 0.495. The van der Waals surface area contributed by atoms with Crippen molar-refractivity contribution in [3.63, 3.8) is 0 Å². The van der Waals surface area contributed by atoms with Crippen LogP contribution in [0.25, 0.3) is 0 Å². The molecule has 20 heavy (non-hydrogen) atoms. The molecule has 0 heterocycles. The fourth-order valence-electron chi connectivity index (χ4n) is 1.63. The second-order valence-electron chi connectivity index (χ2n) is 3.82. The van der Waals surface area contributed by atoms with Crippen molar-refractivity contribution in [2.45, 2.75) is 0 Å². The lowest BCUT2D eigenvalue weighted by Gasteiger charge is -2.09. The van der Waals surface area contributed by atoms with Crippen molar-refractivity contribution >= 4 is 39.7 Å². The van der Waals surface area contributed by atoms with Crippen molar-refractivity contribution < 1.29 is 9.31 Å². The zero-order chi connectivity index (χ0) is 14.7. The van der Waals surface area contributed by atoms with Crippen LogP contribution in [0.3, 0.4) is 0 Å². The van der Waals surface area contributed by atoms with Gasteiger partial charge in [0, 0.05) is 11.8 Å². The van der Waals surface area contributed by atoms with E-state index in [1.54, 1.807) is 18.2 Å². The summed E-state index contributed by atoms with van der Waals surface area (Å²) in [7, 11) is 0. The molecule has 100 valence electrons. The fraction of sp³-hybridized carbons (Fsp3) is 0. The van der Waals surface area contributed by atoms with Gasteiger partial charge in [-0.2, -0.15) is 5.26 Å². The van der Waals surface area contributed by atoms with Gasteiger partial charge in [-0.05, 0) is 46.9 Å². The number of nitriles is 1. The van der Waals surface area contributed by atoms with E-state index in [0.29, 0.717) is 14.9 Å². The first-order chi connectivity index (χ1) is 9.52. The summed E-state index contributed by atoms with van der Waals surface area (Å²) >= 11 is 1.85. The molecule has 0 spiro atoms. The first-order valence-electron chi connectivity index (χ1n) is 5.42. The average molecular weight is 383 g/mol. The van der Waals surface area contributed by atoms with E-state index in [-0.39, 0.29) is 11.3 Å². The smallest absolute Gasteiger partial charge is 0.282 e. The highest BCUT2D eigenvalue weighted by molar-refractivity contribution is 14.1. The maximum Gasteiger partial charge on any atom is 0.282 e. The maximum absolute atomic E-state index is 13.4. The summed E-state index contributed by atoms with van der Waals surface area (Å²) in [4.78, 5) is 10.2. The molecule has 7 heteroatoms. The van der Waals surface area contributed by atoms with Gasteiger partial charge in [0.2, 0.25) is 0 Å². The average Bonchev–Trinajstić information content (AvgIpc) is 2.38. The molecule has 2 aromatic carbocycles. The van der Waals surface area contributed by atoms with Crippen LogP contribution in [0.4, 0.5) is 21.5 Å². The van der Waals surface area contributed by atoms with Gasteiger partial charge >= 0.3 is 0 Å². The molecule has 0 atom stereocenters. The Bertz CT molecular complexity index is 728. The number of nitro groups is 1. The SMILES string of the molecule is N#Cc1c(F)cccc1Nc1ccc([N+](=O)[O-])c(I)c1. The predicted molar refractivity (Wildman–Crippen MR) is 80.2 cm³/mol. The standard InChI is InChI=1S/C13H7FIN3O2/c14-10-2-1-3-12(9(10)7-16)17-8-4-5-13(18(19)20)11(15)6-8/h1-6,17H. The lowest BCUT2D eigenvalue weighted by Crippen LogP contribution is -1.98. The third kappa shape index (κ3) is 2.85. The van der Waals surface area contributed by atoms with Crippen LogP contribution in [0.1, 0.15) is 5.56 Å². The first kappa shape index (κ1) is 14.2. The number of nitrogens with zero attached hydrogens (tertiary/aromatic N) is 2. The summed E-state index contributed by atoms with van der Waals surface area (Å²) in [5.41, 5.74) is 0.760. The van der Waals surface area contributed by atoms with Gasteiger partial charge in [0.05, 0.1) is 14.2 Å². The molecule has 0 amide bonds. The molecule has 2 rings (SSSR count). The van der Waals surface area contributed by atoms with Crippen molar-refractivity contribution in [3.05, 3.63) is 61.5 Å². The molecule has 0 aliphatic carbocycles. The van der Waals surface area contributed by atoms with E-state index in [4.69, 9.17) is 5.26 Å². The Morgan fingerprint density at radius 1 is 1.35 bits per heavy atom. The van der Waals surface area contributed by atoms with E-state index < -0.39 is 10.7 Å². The Kier molecular flexibility index (Phi) is 4.14. The van der Waals surface area contributed by atoms with Crippen LogP contribution < -0.4 is 5.32 Å². The van der Waals surface area contributed by atoms with Crippen molar-refractivity contribution in [3.8, 4) is 6.07 Å². The molecule has 0 aliphatic rings. The van der Waals surface area contributed by atoms with E-state index >= 15 is 0 Å². The van der Waals surface area contributed by atoms with Crippen LogP contribution in [0, 0.1) is 30.8 Å². The highest BCUT2D eigenvalue weighted by atomic mass is 127. The highest BCUT2D eigenvalue weighted by Crippen LogP contribution is 2.27. The third-order valence-electron chi connectivity index (χ3n) is 2.55. The fourth-order valence-corrected chi connectivity index (χ4v) is 2.34. The lowest BCUT2D eigenvalue weighted by atomic mass is 10.1. The Hall–Kier alpha value is -2.21. The number of rotatable bonds is 3. The van der Waals surface area contributed by atoms with E-state index in [1.807, 2.05) is 22.6 Å². The van der Waals surface area contributed by atoms with Gasteiger partial charge in [-0.3, -0.25) is 10.1 Å². The Balaban J connectivity index is 2.37. The summed E-state index contributed by atoms with van der Waals surface area (Å²) in [5.74, 6) is -0.617. The largest absolute Gasteiger partial charge is 0.354 e. The summed E-state index contributed by atoms with van der Waals surface area (Å²) in [6.45, 7) is 0. The van der Waals surface area contributed by atoms with Gasteiger partial charge in [-0.25, -0.2) is 4.39 Å². The number of nitro benzene ring substituents is 1. The van der Waals surface area contributed by atoms with Crippen LogP contribution >= 0.6 is 22.6 Å². The topological polar surface area (TPSA) is 79.0 Å². The van der Waals surface area contributed by atoms with Crippen LogP contribution in [0.5, 0.6) is 0 Å². The van der Waals surface area contributed by atoms with Gasteiger partial charge in [-0.1, -0.05) is 6.07 Å². The second-order valence-corrected chi connectivity index (χ2v) is 4.98. The zero-order valence-electron chi connectivity index (χ0n) is 9.93. The third-order valence-corrected chi connectivity index (χ3v) is 3.41. The predicted octanol–water partition coefficient (Wildman–Crippen LogP) is 3.95. The molecular weight excluding hydrogens is 376 g/mol. The normalized spacial score (nSPS) is 9.85. The molecule has 0 bridgehead atoms. The lowest BCUT2D eigenvalue weighted by molar-refractivity contribution is -0.385. The highest BCUT2D eigenvalue weighted by Gasteiger charge is 2.13. The molecule has 0 radical (unpaired) electrons. The van der Waals surface area contributed by atoms with Crippen molar-refractivity contribution in [1.82, 2.24) is 0 Å². The molecule has 1 N–H and O–H groups in total. The molecule has 0 fully saturated rings. The summed E-state index contributed by atoms with van der Waals surface area (Å²) < 4.78 is 13.9. The summed E-state index contributed by atoms with van der Waals surface area (Å²) in [6, 6.07) is 10.4. The monoisotopic (exact) mass is 383 g/mol. The second kappa shape index (κ2) is 5.83. The Labute approximate surface area is 127 Å². The van der Waals surface area contributed by atoms with Gasteiger partial charge < -0.3 is 5.32 Å². The minimum Gasteiger partial charge on any atom is -0.354 e. The van der Waals surface area contributed by atoms with Gasteiger partial charge in [0.1, 0.15) is 17.4 Å². The number of nitrogens with one attached hydrogen (secondary N) is 1. The molecule has 0 saturated heterocycles. The van der Waals surface area contributed by atoms with E-state index in [9.17, 15) is 14.5 Å². The Morgan fingerprint density at radius 3 is 2.70 bits per heavy atom. The number of anilines is 2.